The molecule has 1 atom stereocenters. The number of benzene rings is 1. The Bertz CT molecular complexity index is 1500. The molecule has 4 heterocycles. The van der Waals surface area contributed by atoms with E-state index in [2.05, 4.69) is 37.1 Å². The quantitative estimate of drug-likeness (QED) is 0.297. The number of aryl methyl sites for hydroxylation is 1. The first-order valence-corrected chi connectivity index (χ1v) is 12.2. The van der Waals surface area contributed by atoms with Gasteiger partial charge in [0.25, 0.3) is 0 Å². The molecule has 4 aromatic rings. The molecular weight excluding hydrogens is 492 g/mol. The van der Waals surface area contributed by atoms with Gasteiger partial charge < -0.3 is 24.8 Å². The van der Waals surface area contributed by atoms with Gasteiger partial charge in [-0.05, 0) is 50.1 Å². The molecule has 1 aliphatic heterocycles. The van der Waals surface area contributed by atoms with Crippen LogP contribution in [0.3, 0.4) is 0 Å². The van der Waals surface area contributed by atoms with Gasteiger partial charge in [0.05, 0.1) is 33.8 Å². The summed E-state index contributed by atoms with van der Waals surface area (Å²) < 4.78 is 33.7. The number of ether oxygens (including phenoxy) is 1. The Morgan fingerprint density at radius 3 is 2.82 bits per heavy atom. The van der Waals surface area contributed by atoms with Crippen molar-refractivity contribution in [1.29, 1.82) is 0 Å². The maximum absolute atomic E-state index is 13.4. The third-order valence-corrected chi connectivity index (χ3v) is 6.54. The Morgan fingerprint density at radius 2 is 2.08 bits per heavy atom. The standard InChI is InChI=1S/C27H27F2N7O2/c1-4-24(37)32-19-13-20(23(38-26(28)29)14-22(19)36-12-6-7-16(36)2)34-27-31-11-9-18(33-27)17-15-35(3)21-8-5-10-30-25(17)21/h4-5,8-11,13-16,26H,1,6-7,12H2,2-3H3,(H,32,37)(H,31,33,34). The summed E-state index contributed by atoms with van der Waals surface area (Å²) in [5.41, 5.74) is 4.32. The monoisotopic (exact) mass is 519 g/mol. The van der Waals surface area contributed by atoms with E-state index in [-0.39, 0.29) is 23.4 Å². The van der Waals surface area contributed by atoms with Crippen LogP contribution in [0.5, 0.6) is 5.75 Å². The van der Waals surface area contributed by atoms with Gasteiger partial charge in [-0.3, -0.25) is 9.78 Å². The highest BCUT2D eigenvalue weighted by Gasteiger charge is 2.26. The fraction of sp³-hybridized carbons (Fsp3) is 0.259. The molecular formula is C27H27F2N7O2. The highest BCUT2D eigenvalue weighted by Crippen LogP contribution is 2.41. The molecule has 11 heteroatoms. The summed E-state index contributed by atoms with van der Waals surface area (Å²) >= 11 is 0. The maximum atomic E-state index is 13.4. The van der Waals surface area contributed by atoms with E-state index >= 15 is 0 Å². The molecule has 1 saturated heterocycles. The van der Waals surface area contributed by atoms with E-state index in [1.54, 1.807) is 24.5 Å². The molecule has 2 N–H and O–H groups in total. The molecule has 5 rings (SSSR count). The normalized spacial score (nSPS) is 15.2. The van der Waals surface area contributed by atoms with E-state index in [9.17, 15) is 13.6 Å². The number of hydrogen-bond acceptors (Lipinski definition) is 7. The summed E-state index contributed by atoms with van der Waals surface area (Å²) in [7, 11) is 1.92. The lowest BCUT2D eigenvalue weighted by atomic mass is 10.1. The van der Waals surface area contributed by atoms with Crippen molar-refractivity contribution in [3.05, 3.63) is 61.6 Å². The first-order valence-electron chi connectivity index (χ1n) is 12.2. The zero-order valence-electron chi connectivity index (χ0n) is 21.0. The van der Waals surface area contributed by atoms with Crippen LogP contribution in [0.15, 0.2) is 61.6 Å². The van der Waals surface area contributed by atoms with Crippen LogP contribution < -0.4 is 20.3 Å². The smallest absolute Gasteiger partial charge is 0.387 e. The van der Waals surface area contributed by atoms with E-state index in [0.29, 0.717) is 17.1 Å². The van der Waals surface area contributed by atoms with Crippen LogP contribution in [0, 0.1) is 0 Å². The third-order valence-electron chi connectivity index (χ3n) is 6.54. The van der Waals surface area contributed by atoms with E-state index in [1.807, 2.05) is 36.9 Å². The van der Waals surface area contributed by atoms with Gasteiger partial charge in [0.1, 0.15) is 0 Å². The Balaban J connectivity index is 1.56. The van der Waals surface area contributed by atoms with Gasteiger partial charge in [-0.25, -0.2) is 9.97 Å². The highest BCUT2D eigenvalue weighted by molar-refractivity contribution is 6.02. The third kappa shape index (κ3) is 4.99. The summed E-state index contributed by atoms with van der Waals surface area (Å²) in [6, 6.07) is 8.80. The second-order valence-electron chi connectivity index (χ2n) is 9.04. The zero-order chi connectivity index (χ0) is 26.8. The molecule has 1 aliphatic rings. The lowest BCUT2D eigenvalue weighted by Gasteiger charge is -2.28. The van der Waals surface area contributed by atoms with Crippen molar-refractivity contribution in [2.45, 2.75) is 32.4 Å². The first kappa shape index (κ1) is 25.1. The van der Waals surface area contributed by atoms with Gasteiger partial charge >= 0.3 is 6.61 Å². The molecule has 0 bridgehead atoms. The molecule has 9 nitrogen and oxygen atoms in total. The Hall–Kier alpha value is -4.54. The van der Waals surface area contributed by atoms with Crippen molar-refractivity contribution in [2.75, 3.05) is 22.1 Å². The van der Waals surface area contributed by atoms with Crippen molar-refractivity contribution in [3.63, 3.8) is 0 Å². The molecule has 1 aromatic carbocycles. The molecule has 196 valence electrons. The minimum absolute atomic E-state index is 0.0912. The predicted molar refractivity (Wildman–Crippen MR) is 143 cm³/mol. The second-order valence-corrected chi connectivity index (χ2v) is 9.04. The fourth-order valence-electron chi connectivity index (χ4n) is 4.76. The van der Waals surface area contributed by atoms with Gasteiger partial charge in [-0.15, -0.1) is 0 Å². The first-order chi connectivity index (χ1) is 18.3. The molecule has 0 spiro atoms. The summed E-state index contributed by atoms with van der Waals surface area (Å²) in [5.74, 6) is -0.349. The number of amides is 1. The number of hydrogen-bond donors (Lipinski definition) is 2. The number of fused-ring (bicyclic) bond motifs is 1. The average molecular weight is 520 g/mol. The van der Waals surface area contributed by atoms with Gasteiger partial charge in [0, 0.05) is 49.9 Å². The van der Waals surface area contributed by atoms with Crippen molar-refractivity contribution in [1.82, 2.24) is 19.5 Å². The number of alkyl halides is 2. The van der Waals surface area contributed by atoms with Gasteiger partial charge in [0.2, 0.25) is 11.9 Å². The van der Waals surface area contributed by atoms with Crippen LogP contribution in [0.25, 0.3) is 22.3 Å². The van der Waals surface area contributed by atoms with Crippen molar-refractivity contribution < 1.29 is 18.3 Å². The van der Waals surface area contributed by atoms with Gasteiger partial charge in [-0.1, -0.05) is 6.58 Å². The summed E-state index contributed by atoms with van der Waals surface area (Å²) in [6.07, 6.45) is 8.25. The summed E-state index contributed by atoms with van der Waals surface area (Å²) in [6.45, 7) is 3.24. The zero-order valence-corrected chi connectivity index (χ0v) is 21.0. The number of aromatic nitrogens is 4. The topological polar surface area (TPSA) is 97.2 Å². The van der Waals surface area contributed by atoms with Gasteiger partial charge in [0.15, 0.2) is 5.75 Å². The van der Waals surface area contributed by atoms with E-state index < -0.39 is 12.5 Å². The second kappa shape index (κ2) is 10.4. The lowest BCUT2D eigenvalue weighted by molar-refractivity contribution is -0.111. The van der Waals surface area contributed by atoms with Crippen molar-refractivity contribution in [3.8, 4) is 17.0 Å². The number of carbonyl (C=O) groups is 1. The molecule has 1 fully saturated rings. The SMILES string of the molecule is C=CC(=O)Nc1cc(Nc2nccc(-c3cn(C)c4cccnc34)n2)c(OC(F)F)cc1N1CCCC1C. The van der Waals surface area contributed by atoms with Crippen LogP contribution in [-0.4, -0.2) is 44.6 Å². The fourth-order valence-corrected chi connectivity index (χ4v) is 4.76. The van der Waals surface area contributed by atoms with E-state index in [0.717, 1.165) is 42.1 Å². The Morgan fingerprint density at radius 1 is 1.24 bits per heavy atom. The number of halogens is 2. The molecule has 38 heavy (non-hydrogen) atoms. The minimum Gasteiger partial charge on any atom is -0.433 e. The van der Waals surface area contributed by atoms with Crippen LogP contribution in [0.1, 0.15) is 19.8 Å². The minimum atomic E-state index is -3.05. The largest absolute Gasteiger partial charge is 0.433 e. The number of rotatable bonds is 8. The number of anilines is 4. The van der Waals surface area contributed by atoms with Crippen LogP contribution in [0.2, 0.25) is 0 Å². The Labute approximate surface area is 218 Å². The molecule has 0 saturated carbocycles. The summed E-state index contributed by atoms with van der Waals surface area (Å²) in [4.78, 5) is 27.7. The highest BCUT2D eigenvalue weighted by atomic mass is 19.3. The number of pyridine rings is 1. The average Bonchev–Trinajstić information content (AvgIpc) is 3.48. The van der Waals surface area contributed by atoms with Crippen molar-refractivity contribution in [2.24, 2.45) is 7.05 Å². The summed E-state index contributed by atoms with van der Waals surface area (Å²) in [5, 5.41) is 5.79. The van der Waals surface area contributed by atoms with Crippen LogP contribution in [0.4, 0.5) is 31.8 Å². The van der Waals surface area contributed by atoms with Crippen molar-refractivity contribution >= 4 is 40.0 Å². The van der Waals surface area contributed by atoms with Gasteiger partial charge in [-0.2, -0.15) is 8.78 Å². The predicted octanol–water partition coefficient (Wildman–Crippen LogP) is 5.49. The van der Waals surface area contributed by atoms with Crippen LogP contribution in [-0.2, 0) is 11.8 Å². The van der Waals surface area contributed by atoms with E-state index in [4.69, 9.17) is 4.74 Å². The number of nitrogens with zero attached hydrogens (tertiary/aromatic N) is 5. The molecule has 3 aromatic heterocycles. The molecule has 0 radical (unpaired) electrons. The Kier molecular flexibility index (Phi) is 6.91. The molecule has 1 amide bonds. The van der Waals surface area contributed by atoms with E-state index in [1.165, 1.54) is 6.07 Å². The van der Waals surface area contributed by atoms with Crippen LogP contribution >= 0.6 is 0 Å². The number of carbonyl (C=O) groups excluding carboxylic acids is 1. The molecule has 0 aliphatic carbocycles. The molecule has 1 unspecified atom stereocenters. The number of nitrogens with one attached hydrogen (secondary N) is 2. The maximum Gasteiger partial charge on any atom is 0.387 e. The lowest BCUT2D eigenvalue weighted by Crippen LogP contribution is -2.28.